The van der Waals surface area contributed by atoms with E-state index >= 15 is 0 Å². The number of ketones is 1. The Morgan fingerprint density at radius 3 is 2.88 bits per heavy atom. The molecule has 0 saturated carbocycles. The Labute approximate surface area is 99.6 Å². The van der Waals surface area contributed by atoms with Crippen LogP contribution in [0.5, 0.6) is 0 Å². The van der Waals surface area contributed by atoms with Gasteiger partial charge in [-0.3, -0.25) is 4.79 Å². The van der Waals surface area contributed by atoms with Gasteiger partial charge >= 0.3 is 0 Å². The van der Waals surface area contributed by atoms with Crippen LogP contribution in [0.1, 0.15) is 30.6 Å². The van der Waals surface area contributed by atoms with Gasteiger partial charge < -0.3 is 4.98 Å². The Hall–Kier alpha value is -1.28. The third-order valence-electron chi connectivity index (χ3n) is 2.55. The highest BCUT2D eigenvalue weighted by molar-refractivity contribution is 6.36. The number of halogens is 1. The highest BCUT2D eigenvalue weighted by Crippen LogP contribution is 2.27. The van der Waals surface area contributed by atoms with Gasteiger partial charge in [0, 0.05) is 29.1 Å². The lowest BCUT2D eigenvalue weighted by Crippen LogP contribution is -2.02. The van der Waals surface area contributed by atoms with E-state index in [0.29, 0.717) is 22.9 Å². The van der Waals surface area contributed by atoms with Crippen LogP contribution in [0.4, 0.5) is 0 Å². The molecule has 1 N–H and O–H groups in total. The maximum atomic E-state index is 12.0. The monoisotopic (exact) mass is 235 g/mol. The molecule has 0 aliphatic rings. The molecule has 16 heavy (non-hydrogen) atoms. The molecular weight excluding hydrogens is 222 g/mol. The zero-order valence-electron chi connectivity index (χ0n) is 9.38. The highest BCUT2D eigenvalue weighted by atomic mass is 35.5. The van der Waals surface area contributed by atoms with Crippen molar-refractivity contribution in [3.63, 3.8) is 0 Å². The predicted molar refractivity (Wildman–Crippen MR) is 67.1 cm³/mol. The number of carbonyl (C=O) groups is 1. The average Bonchev–Trinajstić information content (AvgIpc) is 2.61. The molecule has 3 heteroatoms. The molecule has 0 spiro atoms. The fourth-order valence-electron chi connectivity index (χ4n) is 1.84. The molecule has 1 aromatic heterocycles. The number of hydrogen-bond donors (Lipinski definition) is 1. The smallest absolute Gasteiger partial charge is 0.165 e. The molecule has 0 aliphatic heterocycles. The van der Waals surface area contributed by atoms with Crippen LogP contribution < -0.4 is 0 Å². The summed E-state index contributed by atoms with van der Waals surface area (Å²) in [4.78, 5) is 15.1. The van der Waals surface area contributed by atoms with Crippen LogP contribution in [0.3, 0.4) is 0 Å². The fourth-order valence-corrected chi connectivity index (χ4v) is 2.12. The first-order chi connectivity index (χ1) is 7.59. The summed E-state index contributed by atoms with van der Waals surface area (Å²) in [5, 5.41) is 1.47. The first kappa shape index (κ1) is 11.2. The minimum atomic E-state index is 0.148. The van der Waals surface area contributed by atoms with Gasteiger partial charge in [-0.2, -0.15) is 0 Å². The maximum absolute atomic E-state index is 12.0. The normalized spacial score (nSPS) is 11.2. The Kier molecular flexibility index (Phi) is 3.01. The van der Waals surface area contributed by atoms with Gasteiger partial charge in [-0.15, -0.1) is 0 Å². The molecule has 84 valence electrons. The summed E-state index contributed by atoms with van der Waals surface area (Å²) in [6.45, 7) is 4.07. The molecule has 2 nitrogen and oxygen atoms in total. The Morgan fingerprint density at radius 2 is 2.19 bits per heavy atom. The van der Waals surface area contributed by atoms with E-state index in [1.807, 2.05) is 32.0 Å². The van der Waals surface area contributed by atoms with E-state index in [0.717, 1.165) is 10.9 Å². The summed E-state index contributed by atoms with van der Waals surface area (Å²) in [5.41, 5.74) is 1.62. The van der Waals surface area contributed by atoms with Crippen molar-refractivity contribution >= 4 is 28.3 Å². The predicted octanol–water partition coefficient (Wildman–Crippen LogP) is 4.05. The number of hydrogen-bond acceptors (Lipinski definition) is 1. The van der Waals surface area contributed by atoms with Gasteiger partial charge in [0.25, 0.3) is 0 Å². The Morgan fingerprint density at radius 1 is 1.44 bits per heavy atom. The first-order valence-electron chi connectivity index (χ1n) is 5.38. The van der Waals surface area contributed by atoms with Crippen molar-refractivity contribution in [3.8, 4) is 0 Å². The molecule has 2 rings (SSSR count). The molecule has 0 amide bonds. The zero-order chi connectivity index (χ0) is 11.7. The van der Waals surface area contributed by atoms with Gasteiger partial charge in [0.05, 0.1) is 5.02 Å². The SMILES string of the molecule is CC(C)CC(=O)c1c[nH]c2cccc(Cl)c12. The summed E-state index contributed by atoms with van der Waals surface area (Å²) in [7, 11) is 0. The number of aromatic nitrogens is 1. The van der Waals surface area contributed by atoms with Gasteiger partial charge in [-0.05, 0) is 18.1 Å². The summed E-state index contributed by atoms with van der Waals surface area (Å²) >= 11 is 6.11. The van der Waals surface area contributed by atoms with E-state index in [4.69, 9.17) is 11.6 Å². The Bertz CT molecular complexity index is 528. The van der Waals surface area contributed by atoms with Gasteiger partial charge in [0.2, 0.25) is 0 Å². The van der Waals surface area contributed by atoms with Crippen LogP contribution in [0, 0.1) is 5.92 Å². The number of aromatic amines is 1. The van der Waals surface area contributed by atoms with E-state index in [2.05, 4.69) is 4.98 Å². The highest BCUT2D eigenvalue weighted by Gasteiger charge is 2.15. The number of rotatable bonds is 3. The second kappa shape index (κ2) is 4.30. The maximum Gasteiger partial charge on any atom is 0.165 e. The third kappa shape index (κ3) is 1.98. The molecule has 0 saturated heterocycles. The van der Waals surface area contributed by atoms with Crippen LogP contribution in [0.25, 0.3) is 10.9 Å². The molecule has 0 atom stereocenters. The number of carbonyl (C=O) groups excluding carboxylic acids is 1. The number of H-pyrrole nitrogens is 1. The van der Waals surface area contributed by atoms with Crippen molar-refractivity contribution in [2.75, 3.05) is 0 Å². The minimum Gasteiger partial charge on any atom is -0.360 e. The van der Waals surface area contributed by atoms with Crippen molar-refractivity contribution in [3.05, 3.63) is 35.0 Å². The van der Waals surface area contributed by atoms with Crippen LogP contribution in [-0.4, -0.2) is 10.8 Å². The molecule has 0 bridgehead atoms. The summed E-state index contributed by atoms with van der Waals surface area (Å²) in [6.07, 6.45) is 2.30. The second-order valence-electron chi connectivity index (χ2n) is 4.39. The Balaban J connectivity index is 2.49. The van der Waals surface area contributed by atoms with Crippen LogP contribution >= 0.6 is 11.6 Å². The van der Waals surface area contributed by atoms with E-state index in [-0.39, 0.29) is 5.78 Å². The van der Waals surface area contributed by atoms with Crippen molar-refractivity contribution < 1.29 is 4.79 Å². The van der Waals surface area contributed by atoms with Gasteiger partial charge in [0.15, 0.2) is 5.78 Å². The van der Waals surface area contributed by atoms with E-state index in [1.165, 1.54) is 0 Å². The molecule has 0 fully saturated rings. The topological polar surface area (TPSA) is 32.9 Å². The molecule has 1 aromatic carbocycles. The van der Waals surface area contributed by atoms with Crippen LogP contribution in [-0.2, 0) is 0 Å². The van der Waals surface area contributed by atoms with Crippen LogP contribution in [0.15, 0.2) is 24.4 Å². The molecule has 2 aromatic rings. The summed E-state index contributed by atoms with van der Waals surface area (Å²) < 4.78 is 0. The quantitative estimate of drug-likeness (QED) is 0.800. The molecule has 0 aliphatic carbocycles. The van der Waals surface area contributed by atoms with Crippen molar-refractivity contribution in [1.82, 2.24) is 4.98 Å². The minimum absolute atomic E-state index is 0.148. The summed E-state index contributed by atoms with van der Waals surface area (Å²) in [5.74, 6) is 0.509. The van der Waals surface area contributed by atoms with Crippen molar-refractivity contribution in [2.45, 2.75) is 20.3 Å². The van der Waals surface area contributed by atoms with Gasteiger partial charge in [-0.25, -0.2) is 0 Å². The van der Waals surface area contributed by atoms with Crippen molar-refractivity contribution in [1.29, 1.82) is 0 Å². The van der Waals surface area contributed by atoms with E-state index in [9.17, 15) is 4.79 Å². The van der Waals surface area contributed by atoms with E-state index in [1.54, 1.807) is 6.20 Å². The van der Waals surface area contributed by atoms with E-state index < -0.39 is 0 Å². The molecule has 0 radical (unpaired) electrons. The zero-order valence-corrected chi connectivity index (χ0v) is 10.1. The van der Waals surface area contributed by atoms with Gasteiger partial charge in [0.1, 0.15) is 0 Å². The third-order valence-corrected chi connectivity index (χ3v) is 2.86. The first-order valence-corrected chi connectivity index (χ1v) is 5.76. The van der Waals surface area contributed by atoms with Crippen molar-refractivity contribution in [2.24, 2.45) is 5.92 Å². The lowest BCUT2D eigenvalue weighted by Gasteiger charge is -2.03. The fraction of sp³-hybridized carbons (Fsp3) is 0.308. The van der Waals surface area contributed by atoms with Crippen LogP contribution in [0.2, 0.25) is 5.02 Å². The standard InChI is InChI=1S/C13H14ClNO/c1-8(2)6-12(16)9-7-15-11-5-3-4-10(14)13(9)11/h3-5,7-8,15H,6H2,1-2H3. The largest absolute Gasteiger partial charge is 0.360 e. The number of Topliss-reactive ketones (excluding diaryl/α,β-unsaturated/α-hetero) is 1. The second-order valence-corrected chi connectivity index (χ2v) is 4.79. The molecule has 0 unspecified atom stereocenters. The number of fused-ring (bicyclic) bond motifs is 1. The lowest BCUT2D eigenvalue weighted by molar-refractivity contribution is 0.0969. The average molecular weight is 236 g/mol. The molecule has 1 heterocycles. The lowest BCUT2D eigenvalue weighted by atomic mass is 10.0. The number of nitrogens with one attached hydrogen (secondary N) is 1. The van der Waals surface area contributed by atoms with Gasteiger partial charge in [-0.1, -0.05) is 31.5 Å². The summed E-state index contributed by atoms with van der Waals surface area (Å²) in [6, 6.07) is 5.61. The molecular formula is C13H14ClNO. The number of benzene rings is 1.